The van der Waals surface area contributed by atoms with Crippen molar-refractivity contribution in [3.63, 3.8) is 0 Å². The molecule has 0 saturated heterocycles. The van der Waals surface area contributed by atoms with Crippen LogP contribution in [0.4, 0.5) is 11.4 Å². The Hall–Kier alpha value is -8.46. The summed E-state index contributed by atoms with van der Waals surface area (Å²) in [6.07, 6.45) is 25.0. The average molecular weight is 877 g/mol. The monoisotopic (exact) mass is 876 g/mol. The molecule has 0 unspecified atom stereocenters. The number of hydrogen-bond acceptors (Lipinski definition) is 1. The van der Waals surface area contributed by atoms with E-state index in [1.165, 1.54) is 60.2 Å². The zero-order chi connectivity index (χ0) is 47.0. The predicted octanol–water partition coefficient (Wildman–Crippen LogP) is 18.7. The van der Waals surface area contributed by atoms with Crippen LogP contribution in [-0.4, -0.2) is 4.57 Å². The number of hydrogen-bond donors (Lipinski definition) is 0. The van der Waals surface area contributed by atoms with E-state index in [0.29, 0.717) is 0 Å². The first-order valence-corrected chi connectivity index (χ1v) is 23.4. The van der Waals surface area contributed by atoms with E-state index < -0.39 is 0 Å². The molecule has 1 aromatic heterocycles. The minimum absolute atomic E-state index is 0.968. The summed E-state index contributed by atoms with van der Waals surface area (Å²) in [6, 6.07) is 61.8. The first-order chi connectivity index (χ1) is 33.5. The second-order valence-corrected chi connectivity index (χ2v) is 16.9. The second-order valence-electron chi connectivity index (χ2n) is 16.9. The lowest BCUT2D eigenvalue weighted by Gasteiger charge is -2.27. The maximum Gasteiger partial charge on any atom is 0.0547 e. The normalized spacial score (nSPS) is 13.0. The van der Waals surface area contributed by atoms with E-state index in [1.54, 1.807) is 0 Å². The maximum absolute atomic E-state index is 4.28. The molecular weight excluding hydrogens is 821 g/mol. The molecule has 0 saturated carbocycles. The topological polar surface area (TPSA) is 8.17 Å². The predicted molar refractivity (Wildman–Crippen MR) is 299 cm³/mol. The van der Waals surface area contributed by atoms with Crippen molar-refractivity contribution in [2.24, 2.45) is 0 Å². The van der Waals surface area contributed by atoms with Gasteiger partial charge in [-0.3, -0.25) is 0 Å². The number of para-hydroxylation sites is 1. The minimum Gasteiger partial charge on any atom is -0.311 e. The Bertz CT molecular complexity index is 3560. The van der Waals surface area contributed by atoms with Gasteiger partial charge in [0.25, 0.3) is 0 Å². The maximum atomic E-state index is 4.28. The summed E-state index contributed by atoms with van der Waals surface area (Å²) >= 11 is 0. The number of nitrogens with zero attached hydrogens (tertiary/aromatic N) is 2. The highest BCUT2D eigenvalue weighted by Gasteiger charge is 2.19. The third kappa shape index (κ3) is 8.80. The van der Waals surface area contributed by atoms with Crippen LogP contribution in [-0.2, 0) is 0 Å². The summed E-state index contributed by atoms with van der Waals surface area (Å²) in [5.41, 5.74) is 15.8. The molecule has 0 atom stereocenters. The van der Waals surface area contributed by atoms with Gasteiger partial charge >= 0.3 is 0 Å². The van der Waals surface area contributed by atoms with Gasteiger partial charge in [0.2, 0.25) is 0 Å². The van der Waals surface area contributed by atoms with Crippen LogP contribution in [0.2, 0.25) is 0 Å². The zero-order valence-corrected chi connectivity index (χ0v) is 39.4. The molecule has 0 spiro atoms. The molecule has 9 aromatic rings. The van der Waals surface area contributed by atoms with Gasteiger partial charge in [0.1, 0.15) is 0 Å². The molecular formula is C66H56N2. The van der Waals surface area contributed by atoms with Gasteiger partial charge in [0, 0.05) is 33.2 Å². The van der Waals surface area contributed by atoms with E-state index in [2.05, 4.69) is 255 Å². The van der Waals surface area contributed by atoms with Crippen molar-refractivity contribution >= 4 is 71.4 Å². The number of rotatable bonds is 14. The molecule has 0 bridgehead atoms. The molecule has 68 heavy (non-hydrogen) atoms. The fourth-order valence-electron chi connectivity index (χ4n) is 9.48. The Morgan fingerprint density at radius 2 is 1.16 bits per heavy atom. The third-order valence-electron chi connectivity index (χ3n) is 12.6. The number of anilines is 2. The molecule has 1 heterocycles. The highest BCUT2D eigenvalue weighted by Crippen LogP contribution is 2.41. The molecule has 330 valence electrons. The quantitative estimate of drug-likeness (QED) is 0.0780. The molecule has 0 fully saturated rings. The smallest absolute Gasteiger partial charge is 0.0547 e. The van der Waals surface area contributed by atoms with Crippen molar-refractivity contribution in [2.75, 3.05) is 4.90 Å². The molecule has 9 rings (SSSR count). The number of fused-ring (bicyclic) bond motifs is 6. The summed E-state index contributed by atoms with van der Waals surface area (Å²) in [7, 11) is 0. The van der Waals surface area contributed by atoms with Crippen molar-refractivity contribution in [1.29, 1.82) is 0 Å². The molecule has 0 aliphatic heterocycles. The van der Waals surface area contributed by atoms with Gasteiger partial charge in [-0.05, 0) is 143 Å². The lowest BCUT2D eigenvalue weighted by atomic mass is 9.95. The first-order valence-electron chi connectivity index (χ1n) is 23.4. The molecule has 8 aromatic carbocycles. The molecule has 2 heteroatoms. The summed E-state index contributed by atoms with van der Waals surface area (Å²) in [6.45, 7) is 16.6. The molecule has 0 amide bonds. The van der Waals surface area contributed by atoms with Gasteiger partial charge in [-0.2, -0.15) is 0 Å². The number of benzene rings is 8. The van der Waals surface area contributed by atoms with Gasteiger partial charge in [-0.25, -0.2) is 0 Å². The van der Waals surface area contributed by atoms with E-state index in [9.17, 15) is 0 Å². The van der Waals surface area contributed by atoms with Gasteiger partial charge in [-0.15, -0.1) is 0 Å². The molecule has 0 radical (unpaired) electrons. The van der Waals surface area contributed by atoms with E-state index in [1.807, 2.05) is 38.2 Å². The van der Waals surface area contributed by atoms with E-state index in [0.717, 1.165) is 50.5 Å². The Kier molecular flexibility index (Phi) is 13.4. The van der Waals surface area contributed by atoms with Gasteiger partial charge in [-0.1, -0.05) is 201 Å². The fourth-order valence-corrected chi connectivity index (χ4v) is 9.48. The van der Waals surface area contributed by atoms with Crippen LogP contribution in [0.1, 0.15) is 44.4 Å². The molecule has 0 N–H and O–H groups in total. The van der Waals surface area contributed by atoms with Crippen molar-refractivity contribution in [3.8, 4) is 16.8 Å². The van der Waals surface area contributed by atoms with E-state index >= 15 is 0 Å². The largest absolute Gasteiger partial charge is 0.311 e. The van der Waals surface area contributed by atoms with E-state index in [-0.39, 0.29) is 0 Å². The highest BCUT2D eigenvalue weighted by molar-refractivity contribution is 6.17. The van der Waals surface area contributed by atoms with Crippen LogP contribution in [0, 0.1) is 0 Å². The number of allylic oxidation sites excluding steroid dienone is 15. The average Bonchev–Trinajstić information content (AvgIpc) is 3.73. The lowest BCUT2D eigenvalue weighted by molar-refractivity contribution is 1.20. The van der Waals surface area contributed by atoms with Crippen molar-refractivity contribution in [2.45, 2.75) is 27.7 Å². The van der Waals surface area contributed by atoms with Crippen LogP contribution < -0.4 is 4.90 Å². The Labute approximate surface area is 401 Å². The van der Waals surface area contributed by atoms with Crippen molar-refractivity contribution in [3.05, 3.63) is 278 Å². The van der Waals surface area contributed by atoms with Crippen molar-refractivity contribution < 1.29 is 0 Å². The third-order valence-corrected chi connectivity index (χ3v) is 12.6. The molecule has 0 aliphatic carbocycles. The van der Waals surface area contributed by atoms with Gasteiger partial charge < -0.3 is 9.47 Å². The standard InChI is InChI=1S/C66H56N2/c1-7-12-24-52(44-47(6)58-33-21-35-64-66(58)62-32-18-19-34-63(62)68(64)65-46-54-25-14-15-29-59(54)60-30-16-17-31-61(60)65)53-26-20-28-57(45-53)67(55(11-5)27-13-8-2)56-42-40-51(41-43-56)50-38-36-49(37-39-50)48(22-9-3)23-10-4/h7-46H,3,5H2,1-2,4,6H3/b12-7-,13-8-,23-10-,47-44+,48-22+,52-24+,55-27+. The van der Waals surface area contributed by atoms with E-state index in [4.69, 9.17) is 0 Å². The summed E-state index contributed by atoms with van der Waals surface area (Å²) < 4.78 is 2.47. The van der Waals surface area contributed by atoms with Crippen LogP contribution in [0.5, 0.6) is 0 Å². The summed E-state index contributed by atoms with van der Waals surface area (Å²) in [5.74, 6) is 0. The van der Waals surface area contributed by atoms with Crippen molar-refractivity contribution in [1.82, 2.24) is 4.57 Å². The Morgan fingerprint density at radius 3 is 1.88 bits per heavy atom. The summed E-state index contributed by atoms with van der Waals surface area (Å²) in [5, 5.41) is 7.45. The van der Waals surface area contributed by atoms with Crippen LogP contribution in [0.15, 0.2) is 262 Å². The van der Waals surface area contributed by atoms with Crippen LogP contribution >= 0.6 is 0 Å². The zero-order valence-electron chi connectivity index (χ0n) is 39.4. The molecule has 0 aliphatic rings. The summed E-state index contributed by atoms with van der Waals surface area (Å²) in [4.78, 5) is 2.28. The Balaban J connectivity index is 1.13. The first kappa shape index (κ1) is 44.7. The second kappa shape index (κ2) is 20.4. The van der Waals surface area contributed by atoms with Crippen LogP contribution in [0.3, 0.4) is 0 Å². The lowest BCUT2D eigenvalue weighted by Crippen LogP contribution is -2.15. The minimum atomic E-state index is 0.968. The van der Waals surface area contributed by atoms with Crippen LogP contribution in [0.25, 0.3) is 76.9 Å². The SMILES string of the molecule is C=C/C=C(\C=C/C)c1ccc(-c2ccc(N(/C(C=C)=C/C=C\C)c3cccc(C(=C/C=C\C)/C=C(\C)c4cccc5c4c4ccccc4n5-c4cc5ccccc5c5ccccc45)c3)cc2)cc1. The number of aromatic nitrogens is 1. The highest BCUT2D eigenvalue weighted by atomic mass is 15.1. The van der Waals surface area contributed by atoms with Gasteiger partial charge in [0.15, 0.2) is 0 Å². The van der Waals surface area contributed by atoms with Gasteiger partial charge in [0.05, 0.1) is 16.7 Å². The molecule has 2 nitrogen and oxygen atoms in total. The Morgan fingerprint density at radius 1 is 0.515 bits per heavy atom. The fraction of sp³-hybridized carbons (Fsp3) is 0.0606.